The maximum atomic E-state index is 12.5. The van der Waals surface area contributed by atoms with Gasteiger partial charge in [0.05, 0.1) is 24.2 Å². The van der Waals surface area contributed by atoms with Crippen molar-refractivity contribution in [1.82, 2.24) is 9.55 Å². The first-order valence-corrected chi connectivity index (χ1v) is 8.20. The van der Waals surface area contributed by atoms with Crippen LogP contribution in [0.25, 0.3) is 11.0 Å². The summed E-state index contributed by atoms with van der Waals surface area (Å²) in [5, 5.41) is 3.29. The van der Waals surface area contributed by atoms with E-state index >= 15 is 0 Å². The van der Waals surface area contributed by atoms with Gasteiger partial charge in [-0.2, -0.15) is 0 Å². The van der Waals surface area contributed by atoms with Crippen LogP contribution in [0.5, 0.6) is 5.75 Å². The number of para-hydroxylation sites is 3. The summed E-state index contributed by atoms with van der Waals surface area (Å²) in [5.41, 5.74) is 4.36. The molecule has 2 aromatic carbocycles. The number of nitrogens with one attached hydrogen (secondary N) is 1. The monoisotopic (exact) mass is 333 g/mol. The Morgan fingerprint density at radius 3 is 2.64 bits per heavy atom. The Bertz CT molecular complexity index is 1020. The summed E-state index contributed by atoms with van der Waals surface area (Å²) in [4.78, 5) is 17.2. The first-order chi connectivity index (χ1) is 12.1. The number of carbonyl (C=O) groups excluding carboxylic acids is 1. The molecule has 1 aliphatic heterocycles. The van der Waals surface area contributed by atoms with E-state index in [1.807, 2.05) is 55.5 Å². The number of carbonyl (C=O) groups is 1. The summed E-state index contributed by atoms with van der Waals surface area (Å²) in [6.45, 7) is 3.52. The second-order valence-electron chi connectivity index (χ2n) is 6.16. The molecule has 0 saturated heterocycles. The quantitative estimate of drug-likeness (QED) is 0.789. The number of aromatic nitrogens is 2. The molecule has 25 heavy (non-hydrogen) atoms. The van der Waals surface area contributed by atoms with Crippen molar-refractivity contribution in [3.63, 3.8) is 0 Å². The third-order valence-electron chi connectivity index (χ3n) is 4.64. The summed E-state index contributed by atoms with van der Waals surface area (Å²) >= 11 is 0. The van der Waals surface area contributed by atoms with Crippen LogP contribution < -0.4 is 10.1 Å². The van der Waals surface area contributed by atoms with E-state index in [9.17, 15) is 4.79 Å². The SMILES string of the molecule is COc1ccccc1[C@H]1C(C(C)=O)=C(C)Nc2nc3ccccc3n21. The summed E-state index contributed by atoms with van der Waals surface area (Å²) in [5.74, 6) is 1.52. The smallest absolute Gasteiger partial charge is 0.209 e. The molecule has 126 valence electrons. The lowest BCUT2D eigenvalue weighted by atomic mass is 9.92. The van der Waals surface area contributed by atoms with Crippen LogP contribution in [0.1, 0.15) is 25.5 Å². The largest absolute Gasteiger partial charge is 0.496 e. The van der Waals surface area contributed by atoms with Crippen molar-refractivity contribution in [3.8, 4) is 5.75 Å². The van der Waals surface area contributed by atoms with Gasteiger partial charge in [0.15, 0.2) is 5.78 Å². The summed E-state index contributed by atoms with van der Waals surface area (Å²) in [6.07, 6.45) is 0. The molecule has 0 unspecified atom stereocenters. The highest BCUT2D eigenvalue weighted by Gasteiger charge is 2.33. The standard InChI is InChI=1S/C20H19N3O2/c1-12-18(13(2)24)19(14-8-4-7-11-17(14)25-3)23-16-10-6-5-9-15(16)22-20(23)21-12/h4-11,19H,1-3H3,(H,21,22)/t19-/m0/s1. The fourth-order valence-electron chi connectivity index (χ4n) is 3.61. The van der Waals surface area contributed by atoms with Gasteiger partial charge in [0.25, 0.3) is 0 Å². The molecule has 0 saturated carbocycles. The molecule has 0 fully saturated rings. The number of imidazole rings is 1. The molecule has 2 heterocycles. The zero-order valence-electron chi connectivity index (χ0n) is 14.4. The molecule has 0 radical (unpaired) electrons. The minimum Gasteiger partial charge on any atom is -0.496 e. The van der Waals surface area contributed by atoms with Crippen LogP contribution in [0.2, 0.25) is 0 Å². The van der Waals surface area contributed by atoms with Crippen LogP contribution in [-0.2, 0) is 4.79 Å². The predicted octanol–water partition coefficient (Wildman–Crippen LogP) is 3.92. The molecule has 4 rings (SSSR count). The van der Waals surface area contributed by atoms with Crippen LogP contribution in [0.3, 0.4) is 0 Å². The van der Waals surface area contributed by atoms with Crippen molar-refractivity contribution < 1.29 is 9.53 Å². The highest BCUT2D eigenvalue weighted by Crippen LogP contribution is 2.42. The van der Waals surface area contributed by atoms with Crippen LogP contribution >= 0.6 is 0 Å². The van der Waals surface area contributed by atoms with Crippen LogP contribution in [0.4, 0.5) is 5.95 Å². The normalized spacial score (nSPS) is 16.5. The number of anilines is 1. The third kappa shape index (κ3) is 2.31. The van der Waals surface area contributed by atoms with Gasteiger partial charge in [0, 0.05) is 16.8 Å². The van der Waals surface area contributed by atoms with Crippen molar-refractivity contribution in [3.05, 3.63) is 65.4 Å². The van der Waals surface area contributed by atoms with Crippen molar-refractivity contribution in [2.75, 3.05) is 12.4 Å². The molecule has 1 aromatic heterocycles. The van der Waals surface area contributed by atoms with E-state index in [4.69, 9.17) is 9.72 Å². The van der Waals surface area contributed by atoms with Crippen molar-refractivity contribution in [2.45, 2.75) is 19.9 Å². The lowest BCUT2D eigenvalue weighted by Crippen LogP contribution is -2.27. The molecule has 1 atom stereocenters. The number of methoxy groups -OCH3 is 1. The lowest BCUT2D eigenvalue weighted by molar-refractivity contribution is -0.114. The van der Waals surface area contributed by atoms with Gasteiger partial charge in [0.2, 0.25) is 5.95 Å². The number of ketones is 1. The zero-order valence-corrected chi connectivity index (χ0v) is 14.4. The van der Waals surface area contributed by atoms with Gasteiger partial charge in [-0.15, -0.1) is 0 Å². The first-order valence-electron chi connectivity index (χ1n) is 8.20. The molecule has 5 nitrogen and oxygen atoms in total. The molecule has 0 spiro atoms. The Balaban J connectivity index is 2.06. The Hall–Kier alpha value is -3.08. The van der Waals surface area contributed by atoms with Gasteiger partial charge in [0.1, 0.15) is 5.75 Å². The predicted molar refractivity (Wildman–Crippen MR) is 97.9 cm³/mol. The number of rotatable bonds is 3. The van der Waals surface area contributed by atoms with Crippen LogP contribution in [0.15, 0.2) is 59.8 Å². The fourth-order valence-corrected chi connectivity index (χ4v) is 3.61. The molecule has 1 N–H and O–H groups in total. The van der Waals surface area contributed by atoms with Gasteiger partial charge in [-0.1, -0.05) is 30.3 Å². The number of allylic oxidation sites excluding steroid dienone is 2. The molecule has 5 heteroatoms. The molecule has 3 aromatic rings. The van der Waals surface area contributed by atoms with Gasteiger partial charge in [-0.25, -0.2) is 4.98 Å². The minimum absolute atomic E-state index is 0.0318. The number of benzene rings is 2. The van der Waals surface area contributed by atoms with Gasteiger partial charge < -0.3 is 10.1 Å². The Labute approximate surface area is 145 Å². The average Bonchev–Trinajstić information content (AvgIpc) is 2.98. The Morgan fingerprint density at radius 1 is 1.16 bits per heavy atom. The summed E-state index contributed by atoms with van der Waals surface area (Å²) < 4.78 is 7.66. The summed E-state index contributed by atoms with van der Waals surface area (Å²) in [6, 6.07) is 15.5. The molecule has 0 amide bonds. The Kier molecular flexibility index (Phi) is 3.57. The molecule has 1 aliphatic rings. The minimum atomic E-state index is -0.280. The van der Waals surface area contributed by atoms with E-state index in [1.165, 1.54) is 0 Å². The third-order valence-corrected chi connectivity index (χ3v) is 4.64. The van der Waals surface area contributed by atoms with Gasteiger partial charge in [-0.05, 0) is 32.0 Å². The number of fused-ring (bicyclic) bond motifs is 3. The maximum Gasteiger partial charge on any atom is 0.209 e. The van der Waals surface area contributed by atoms with E-state index in [0.717, 1.165) is 39.6 Å². The van der Waals surface area contributed by atoms with E-state index in [2.05, 4.69) is 9.88 Å². The van der Waals surface area contributed by atoms with E-state index in [0.29, 0.717) is 0 Å². The average molecular weight is 333 g/mol. The van der Waals surface area contributed by atoms with E-state index < -0.39 is 0 Å². The van der Waals surface area contributed by atoms with Gasteiger partial charge in [-0.3, -0.25) is 9.36 Å². The van der Waals surface area contributed by atoms with Crippen molar-refractivity contribution in [1.29, 1.82) is 0 Å². The van der Waals surface area contributed by atoms with Gasteiger partial charge >= 0.3 is 0 Å². The number of ether oxygens (including phenoxy) is 1. The maximum absolute atomic E-state index is 12.5. The fraction of sp³-hybridized carbons (Fsp3) is 0.200. The summed E-state index contributed by atoms with van der Waals surface area (Å²) in [7, 11) is 1.65. The number of hydrogen-bond donors (Lipinski definition) is 1. The number of nitrogens with zero attached hydrogens (tertiary/aromatic N) is 2. The molecular formula is C20H19N3O2. The number of hydrogen-bond acceptors (Lipinski definition) is 4. The number of Topliss-reactive ketones (excluding diaryl/α,β-unsaturated/α-hetero) is 1. The highest BCUT2D eigenvalue weighted by atomic mass is 16.5. The Morgan fingerprint density at radius 2 is 1.88 bits per heavy atom. The zero-order chi connectivity index (χ0) is 17.6. The second-order valence-corrected chi connectivity index (χ2v) is 6.16. The van der Waals surface area contributed by atoms with E-state index in [1.54, 1.807) is 14.0 Å². The van der Waals surface area contributed by atoms with Crippen molar-refractivity contribution in [2.24, 2.45) is 0 Å². The molecule has 0 aliphatic carbocycles. The van der Waals surface area contributed by atoms with E-state index in [-0.39, 0.29) is 11.8 Å². The second kappa shape index (κ2) is 5.77. The van der Waals surface area contributed by atoms with Crippen molar-refractivity contribution >= 4 is 22.8 Å². The topological polar surface area (TPSA) is 56.1 Å². The molecule has 0 bridgehead atoms. The molecular weight excluding hydrogens is 314 g/mol. The van der Waals surface area contributed by atoms with Crippen LogP contribution in [-0.4, -0.2) is 22.4 Å². The first kappa shape index (κ1) is 15.4. The van der Waals surface area contributed by atoms with Crippen LogP contribution in [0, 0.1) is 0 Å². The lowest BCUT2D eigenvalue weighted by Gasteiger charge is -2.31. The highest BCUT2D eigenvalue weighted by molar-refractivity contribution is 5.97.